The molecule has 1 aromatic heterocycles. The molecule has 1 rings (SSSR count). The predicted octanol–water partition coefficient (Wildman–Crippen LogP) is -0.726. The van der Waals surface area contributed by atoms with Crippen LogP contribution in [0.4, 0.5) is 0 Å². The Balaban J connectivity index is 2.83. The summed E-state index contributed by atoms with van der Waals surface area (Å²) in [6.45, 7) is 2.28. The van der Waals surface area contributed by atoms with Crippen molar-refractivity contribution in [2.24, 2.45) is 0 Å². The molecule has 0 spiro atoms. The zero-order valence-electron chi connectivity index (χ0n) is 5.57. The highest BCUT2D eigenvalue weighted by Gasteiger charge is 2.09. The molecule has 5 heteroatoms. The van der Waals surface area contributed by atoms with E-state index in [2.05, 4.69) is 22.4 Å². The van der Waals surface area contributed by atoms with Crippen LogP contribution in [0.3, 0.4) is 0 Å². The first-order valence-corrected chi connectivity index (χ1v) is 3.53. The van der Waals surface area contributed by atoms with Gasteiger partial charge in [0.05, 0.1) is 11.0 Å². The minimum absolute atomic E-state index is 0.373. The molecule has 0 saturated carbocycles. The van der Waals surface area contributed by atoms with Gasteiger partial charge in [0.1, 0.15) is 0 Å². The van der Waals surface area contributed by atoms with E-state index in [9.17, 15) is 5.11 Å². The van der Waals surface area contributed by atoms with E-state index >= 15 is 0 Å². The molecule has 0 unspecified atom stereocenters. The summed E-state index contributed by atoms with van der Waals surface area (Å²) in [4.78, 5) is 0. The van der Waals surface area contributed by atoms with Crippen LogP contribution in [0, 0.1) is 6.92 Å². The lowest BCUT2D eigenvalue weighted by Crippen LogP contribution is -2.39. The van der Waals surface area contributed by atoms with E-state index in [1.54, 1.807) is 6.92 Å². The standard InChI is InChI=1S/C5H8N2O2S/c1-4-5(8)9-6-7(4)2-3-10/h2-3H2,1H3,(H-,6,8,10). The summed E-state index contributed by atoms with van der Waals surface area (Å²) in [5.41, 5.74) is 0.522. The number of hydrogen-bond donors (Lipinski definition) is 1. The van der Waals surface area contributed by atoms with Gasteiger partial charge in [-0.05, 0) is 0 Å². The van der Waals surface area contributed by atoms with Gasteiger partial charge in [-0.1, -0.05) is 4.68 Å². The van der Waals surface area contributed by atoms with Gasteiger partial charge in [0, 0.05) is 6.92 Å². The Hall–Kier alpha value is -0.710. The van der Waals surface area contributed by atoms with Crippen molar-refractivity contribution in [2.45, 2.75) is 13.5 Å². The highest BCUT2D eigenvalue weighted by molar-refractivity contribution is 7.80. The van der Waals surface area contributed by atoms with Crippen LogP contribution in [0.2, 0.25) is 0 Å². The Kier molecular flexibility index (Phi) is 2.16. The molecule has 56 valence electrons. The van der Waals surface area contributed by atoms with Gasteiger partial charge in [0.25, 0.3) is 0 Å². The largest absolute Gasteiger partial charge is 0.539 e. The quantitative estimate of drug-likeness (QED) is 0.458. The van der Waals surface area contributed by atoms with E-state index < -0.39 is 0 Å². The summed E-state index contributed by atoms with van der Waals surface area (Å²) in [5.74, 6) is 0.277. The monoisotopic (exact) mass is 160 g/mol. The summed E-state index contributed by atoms with van der Waals surface area (Å²) in [7, 11) is 0. The average molecular weight is 160 g/mol. The second kappa shape index (κ2) is 2.92. The molecule has 1 aromatic rings. The van der Waals surface area contributed by atoms with Crippen molar-refractivity contribution in [3.05, 3.63) is 5.69 Å². The summed E-state index contributed by atoms with van der Waals surface area (Å²) in [6, 6.07) is 0. The second-order valence-corrected chi connectivity index (χ2v) is 2.34. The van der Waals surface area contributed by atoms with Crippen LogP contribution in [0.5, 0.6) is 5.95 Å². The van der Waals surface area contributed by atoms with E-state index in [1.807, 2.05) is 0 Å². The predicted molar refractivity (Wildman–Crippen MR) is 34.7 cm³/mol. The molecular weight excluding hydrogens is 152 g/mol. The van der Waals surface area contributed by atoms with Crippen LogP contribution in [-0.2, 0) is 6.54 Å². The van der Waals surface area contributed by atoms with Gasteiger partial charge in [0.2, 0.25) is 5.69 Å². The molecule has 0 aromatic carbocycles. The van der Waals surface area contributed by atoms with Crippen molar-refractivity contribution in [1.29, 1.82) is 0 Å². The molecule has 0 aliphatic rings. The van der Waals surface area contributed by atoms with Crippen LogP contribution >= 0.6 is 12.6 Å². The van der Waals surface area contributed by atoms with Gasteiger partial charge >= 0.3 is 0 Å². The first-order chi connectivity index (χ1) is 4.75. The fourth-order valence-electron chi connectivity index (χ4n) is 0.622. The maximum absolute atomic E-state index is 10.6. The third-order valence-corrected chi connectivity index (χ3v) is 1.42. The molecular formula is C5H8N2O2S. The highest BCUT2D eigenvalue weighted by Crippen LogP contribution is 2.02. The molecule has 0 aliphatic heterocycles. The fraction of sp³-hybridized carbons (Fsp3) is 0.600. The molecule has 0 amide bonds. The number of rotatable bonds is 2. The number of aryl methyl sites for hydroxylation is 1. The smallest absolute Gasteiger partial charge is 0.230 e. The molecule has 1 heterocycles. The van der Waals surface area contributed by atoms with Crippen molar-refractivity contribution in [2.75, 3.05) is 5.75 Å². The molecule has 0 bridgehead atoms. The second-order valence-electron chi connectivity index (χ2n) is 1.89. The lowest BCUT2D eigenvalue weighted by atomic mass is 10.5. The first kappa shape index (κ1) is 7.40. The molecule has 0 aliphatic carbocycles. The van der Waals surface area contributed by atoms with E-state index in [1.165, 1.54) is 4.68 Å². The van der Waals surface area contributed by atoms with Gasteiger partial charge in [0.15, 0.2) is 12.5 Å². The van der Waals surface area contributed by atoms with E-state index in [4.69, 9.17) is 0 Å². The zero-order valence-corrected chi connectivity index (χ0v) is 6.47. The topological polar surface area (TPSA) is 53.0 Å². The number of aromatic nitrogens is 2. The van der Waals surface area contributed by atoms with E-state index in [0.29, 0.717) is 18.0 Å². The molecule has 0 radical (unpaired) electrons. The van der Waals surface area contributed by atoms with Crippen molar-refractivity contribution < 1.29 is 14.3 Å². The number of hydrogen-bond acceptors (Lipinski definition) is 4. The first-order valence-electron chi connectivity index (χ1n) is 2.90. The maximum atomic E-state index is 10.6. The Morgan fingerprint density at radius 1 is 1.80 bits per heavy atom. The summed E-state index contributed by atoms with van der Waals surface area (Å²) < 4.78 is 5.87. The lowest BCUT2D eigenvalue weighted by Gasteiger charge is -1.86. The van der Waals surface area contributed by atoms with Crippen molar-refractivity contribution in [3.8, 4) is 5.95 Å². The third kappa shape index (κ3) is 1.23. The van der Waals surface area contributed by atoms with Gasteiger partial charge in [-0.25, -0.2) is 0 Å². The molecule has 0 saturated heterocycles. The van der Waals surface area contributed by atoms with Gasteiger partial charge in [-0.3, -0.25) is 0 Å². The maximum Gasteiger partial charge on any atom is 0.230 e. The van der Waals surface area contributed by atoms with E-state index in [-0.39, 0.29) is 5.95 Å². The van der Waals surface area contributed by atoms with Crippen LogP contribution in [-0.4, -0.2) is 11.0 Å². The van der Waals surface area contributed by atoms with Gasteiger partial charge < -0.3 is 9.63 Å². The van der Waals surface area contributed by atoms with Crippen molar-refractivity contribution in [3.63, 3.8) is 0 Å². The number of thiol groups is 1. The zero-order chi connectivity index (χ0) is 7.56. The van der Waals surface area contributed by atoms with Crippen LogP contribution in [0.25, 0.3) is 0 Å². The normalized spacial score (nSPS) is 10.2. The fourth-order valence-corrected chi connectivity index (χ4v) is 0.812. The molecule has 0 fully saturated rings. The molecule has 4 nitrogen and oxygen atoms in total. The van der Waals surface area contributed by atoms with Gasteiger partial charge in [-0.15, -0.1) is 0 Å². The minimum atomic E-state index is -0.373. The Bertz CT molecular complexity index is 223. The molecule has 0 N–H and O–H groups in total. The third-order valence-electron chi connectivity index (χ3n) is 1.22. The highest BCUT2D eigenvalue weighted by atomic mass is 32.1. The minimum Gasteiger partial charge on any atom is -0.539 e. The SMILES string of the molecule is Cc1c([O-])on[n+]1CCS. The van der Waals surface area contributed by atoms with Crippen molar-refractivity contribution in [1.82, 2.24) is 5.27 Å². The Morgan fingerprint density at radius 3 is 2.90 bits per heavy atom. The Labute approximate surface area is 63.8 Å². The Morgan fingerprint density at radius 2 is 2.50 bits per heavy atom. The summed E-state index contributed by atoms with van der Waals surface area (Å²) in [5, 5.41) is 14.1. The molecule has 0 atom stereocenters. The lowest BCUT2D eigenvalue weighted by molar-refractivity contribution is -0.763. The van der Waals surface area contributed by atoms with Crippen molar-refractivity contribution >= 4 is 12.6 Å². The number of nitrogens with zero attached hydrogens (tertiary/aromatic N) is 2. The summed E-state index contributed by atoms with van der Waals surface area (Å²) >= 11 is 3.98. The summed E-state index contributed by atoms with van der Waals surface area (Å²) in [6.07, 6.45) is 0. The van der Waals surface area contributed by atoms with Crippen LogP contribution < -0.4 is 9.79 Å². The van der Waals surface area contributed by atoms with Crippen LogP contribution in [0.15, 0.2) is 4.52 Å². The average Bonchev–Trinajstić information content (AvgIpc) is 2.20. The van der Waals surface area contributed by atoms with Crippen LogP contribution in [0.1, 0.15) is 5.69 Å². The van der Waals surface area contributed by atoms with Gasteiger partial charge in [-0.2, -0.15) is 12.6 Å². The molecule has 10 heavy (non-hydrogen) atoms. The van der Waals surface area contributed by atoms with E-state index in [0.717, 1.165) is 0 Å².